The largest absolute Gasteiger partial charge is 0.497 e. The molecule has 30 heavy (non-hydrogen) atoms. The summed E-state index contributed by atoms with van der Waals surface area (Å²) in [6.07, 6.45) is 0.933. The molecule has 1 heterocycles. The minimum Gasteiger partial charge on any atom is -0.497 e. The quantitative estimate of drug-likeness (QED) is 0.315. The van der Waals surface area contributed by atoms with Crippen molar-refractivity contribution in [3.63, 3.8) is 0 Å². The first-order valence-electron chi connectivity index (χ1n) is 10.3. The maximum atomic E-state index is 5.42. The molecule has 1 aliphatic heterocycles. The third-order valence-electron chi connectivity index (χ3n) is 4.94. The van der Waals surface area contributed by atoms with Gasteiger partial charge in [0.05, 0.1) is 26.9 Å². The second-order valence-corrected chi connectivity index (χ2v) is 6.99. The summed E-state index contributed by atoms with van der Waals surface area (Å²) >= 11 is 0. The number of nitrogens with zero attached hydrogens (tertiary/aromatic N) is 2. The molecule has 1 saturated heterocycles. The van der Waals surface area contributed by atoms with Crippen LogP contribution in [-0.2, 0) is 17.7 Å². The third kappa shape index (κ3) is 7.68. The topological polar surface area (TPSA) is 58.1 Å². The van der Waals surface area contributed by atoms with Gasteiger partial charge in [-0.3, -0.25) is 0 Å². The molecule has 0 aliphatic carbocycles. The van der Waals surface area contributed by atoms with Crippen LogP contribution in [0.4, 0.5) is 5.69 Å². The number of ether oxygens (including phenoxy) is 2. The summed E-state index contributed by atoms with van der Waals surface area (Å²) in [4.78, 5) is 7.09. The number of methoxy groups -OCH3 is 1. The zero-order valence-electron chi connectivity index (χ0n) is 17.9. The maximum Gasteiger partial charge on any atom is 0.191 e. The summed E-state index contributed by atoms with van der Waals surface area (Å²) in [6.45, 7) is 7.93. The molecular weight excluding hydrogens is 491 g/mol. The second-order valence-electron chi connectivity index (χ2n) is 6.99. The lowest BCUT2D eigenvalue weighted by Gasteiger charge is -2.28. The average Bonchev–Trinajstić information content (AvgIpc) is 2.79. The maximum absolute atomic E-state index is 5.42. The Morgan fingerprint density at radius 3 is 2.30 bits per heavy atom. The van der Waals surface area contributed by atoms with Gasteiger partial charge in [0.2, 0.25) is 0 Å². The molecule has 0 atom stereocenters. The Bertz CT molecular complexity index is 760. The fourth-order valence-corrected chi connectivity index (χ4v) is 3.26. The number of morpholine rings is 1. The van der Waals surface area contributed by atoms with E-state index in [-0.39, 0.29) is 24.0 Å². The Kier molecular flexibility index (Phi) is 10.8. The molecule has 2 aromatic carbocycles. The van der Waals surface area contributed by atoms with Gasteiger partial charge in [-0.05, 0) is 48.7 Å². The van der Waals surface area contributed by atoms with Crippen LogP contribution in [0.15, 0.2) is 53.5 Å². The van der Waals surface area contributed by atoms with E-state index in [9.17, 15) is 0 Å². The molecular formula is C23H33IN4O2. The Hall–Kier alpha value is -2.00. The van der Waals surface area contributed by atoms with Crippen LogP contribution in [0, 0.1) is 0 Å². The van der Waals surface area contributed by atoms with E-state index in [1.54, 1.807) is 7.11 Å². The molecule has 164 valence electrons. The highest BCUT2D eigenvalue weighted by Gasteiger charge is 2.10. The van der Waals surface area contributed by atoms with Gasteiger partial charge >= 0.3 is 0 Å². The molecule has 0 spiro atoms. The molecule has 1 fully saturated rings. The number of benzene rings is 2. The Labute approximate surface area is 197 Å². The van der Waals surface area contributed by atoms with Crippen LogP contribution in [0.2, 0.25) is 0 Å². The van der Waals surface area contributed by atoms with Crippen molar-refractivity contribution in [1.82, 2.24) is 10.6 Å². The van der Waals surface area contributed by atoms with E-state index in [1.165, 1.54) is 16.8 Å². The average molecular weight is 524 g/mol. The van der Waals surface area contributed by atoms with E-state index in [2.05, 4.69) is 58.9 Å². The smallest absolute Gasteiger partial charge is 0.191 e. The Balaban J connectivity index is 0.00000320. The summed E-state index contributed by atoms with van der Waals surface area (Å²) in [5, 5.41) is 6.73. The standard InChI is InChI=1S/C23H32N4O2.HI/c1-3-24-23(25-13-12-19-6-10-22(28-2)11-7-19)26-18-20-4-8-21(9-5-20)27-14-16-29-17-15-27;/h4-11H,3,12-18H2,1-2H3,(H2,24,25,26);1H. The molecule has 0 radical (unpaired) electrons. The highest BCUT2D eigenvalue weighted by Crippen LogP contribution is 2.17. The van der Waals surface area contributed by atoms with Gasteiger partial charge < -0.3 is 25.0 Å². The van der Waals surface area contributed by atoms with Crippen molar-refractivity contribution in [3.8, 4) is 5.75 Å². The number of hydrogen-bond acceptors (Lipinski definition) is 4. The molecule has 0 aromatic heterocycles. The first-order chi connectivity index (χ1) is 14.3. The van der Waals surface area contributed by atoms with Crippen LogP contribution >= 0.6 is 24.0 Å². The van der Waals surface area contributed by atoms with Gasteiger partial charge in [-0.25, -0.2) is 4.99 Å². The van der Waals surface area contributed by atoms with E-state index in [4.69, 9.17) is 14.5 Å². The molecule has 6 nitrogen and oxygen atoms in total. The van der Waals surface area contributed by atoms with Crippen LogP contribution < -0.4 is 20.3 Å². The molecule has 7 heteroatoms. The van der Waals surface area contributed by atoms with E-state index < -0.39 is 0 Å². The summed E-state index contributed by atoms with van der Waals surface area (Å²) in [5.41, 5.74) is 3.73. The number of rotatable bonds is 8. The number of halogens is 1. The van der Waals surface area contributed by atoms with E-state index in [0.717, 1.165) is 57.5 Å². The van der Waals surface area contributed by atoms with E-state index in [0.29, 0.717) is 6.54 Å². The normalized spacial score (nSPS) is 14.1. The van der Waals surface area contributed by atoms with Crippen molar-refractivity contribution < 1.29 is 9.47 Å². The number of guanidine groups is 1. The minimum absolute atomic E-state index is 0. The predicted octanol–water partition coefficient (Wildman–Crippen LogP) is 3.45. The van der Waals surface area contributed by atoms with Crippen LogP contribution in [0.3, 0.4) is 0 Å². The summed E-state index contributed by atoms with van der Waals surface area (Å²) in [7, 11) is 1.69. The summed E-state index contributed by atoms with van der Waals surface area (Å²) in [6, 6.07) is 16.9. The fourth-order valence-electron chi connectivity index (χ4n) is 3.26. The molecule has 0 bridgehead atoms. The summed E-state index contributed by atoms with van der Waals surface area (Å²) in [5.74, 6) is 1.73. The van der Waals surface area contributed by atoms with Gasteiger partial charge in [-0.15, -0.1) is 24.0 Å². The van der Waals surface area contributed by atoms with Crippen LogP contribution in [0.25, 0.3) is 0 Å². The lowest BCUT2D eigenvalue weighted by molar-refractivity contribution is 0.122. The number of aliphatic imine (C=N–C) groups is 1. The van der Waals surface area contributed by atoms with Crippen LogP contribution in [0.1, 0.15) is 18.1 Å². The molecule has 0 unspecified atom stereocenters. The van der Waals surface area contributed by atoms with Crippen molar-refractivity contribution >= 4 is 35.6 Å². The number of anilines is 1. The van der Waals surface area contributed by atoms with Gasteiger partial charge in [0.15, 0.2) is 5.96 Å². The minimum atomic E-state index is 0. The van der Waals surface area contributed by atoms with Crippen molar-refractivity contribution in [1.29, 1.82) is 0 Å². The third-order valence-corrected chi connectivity index (χ3v) is 4.94. The van der Waals surface area contributed by atoms with Crippen LogP contribution in [-0.4, -0.2) is 52.5 Å². The van der Waals surface area contributed by atoms with Gasteiger partial charge in [0, 0.05) is 31.9 Å². The molecule has 2 N–H and O–H groups in total. The highest BCUT2D eigenvalue weighted by atomic mass is 127. The lowest BCUT2D eigenvalue weighted by Crippen LogP contribution is -2.38. The van der Waals surface area contributed by atoms with Crippen molar-refractivity contribution in [2.24, 2.45) is 4.99 Å². The van der Waals surface area contributed by atoms with Crippen molar-refractivity contribution in [3.05, 3.63) is 59.7 Å². The van der Waals surface area contributed by atoms with Gasteiger partial charge in [-0.1, -0.05) is 24.3 Å². The zero-order chi connectivity index (χ0) is 20.3. The van der Waals surface area contributed by atoms with Crippen molar-refractivity contribution in [2.75, 3.05) is 51.4 Å². The van der Waals surface area contributed by atoms with E-state index >= 15 is 0 Å². The molecule has 3 rings (SSSR count). The second kappa shape index (κ2) is 13.3. The van der Waals surface area contributed by atoms with Crippen molar-refractivity contribution in [2.45, 2.75) is 19.9 Å². The SMILES string of the molecule is CCNC(=NCc1ccc(N2CCOCC2)cc1)NCCc1ccc(OC)cc1.I. The molecule has 0 saturated carbocycles. The van der Waals surface area contributed by atoms with Gasteiger partial charge in [-0.2, -0.15) is 0 Å². The van der Waals surface area contributed by atoms with E-state index in [1.807, 2.05) is 12.1 Å². The Morgan fingerprint density at radius 2 is 1.67 bits per heavy atom. The molecule has 1 aliphatic rings. The fraction of sp³-hybridized carbons (Fsp3) is 0.435. The molecule has 2 aromatic rings. The number of nitrogens with one attached hydrogen (secondary N) is 2. The zero-order valence-corrected chi connectivity index (χ0v) is 20.2. The first-order valence-corrected chi connectivity index (χ1v) is 10.3. The monoisotopic (exact) mass is 524 g/mol. The first kappa shape index (κ1) is 24.3. The van der Waals surface area contributed by atoms with Gasteiger partial charge in [0.1, 0.15) is 5.75 Å². The summed E-state index contributed by atoms with van der Waals surface area (Å²) < 4.78 is 10.6. The Morgan fingerprint density at radius 1 is 1.00 bits per heavy atom. The van der Waals surface area contributed by atoms with Crippen LogP contribution in [0.5, 0.6) is 5.75 Å². The number of hydrogen-bond donors (Lipinski definition) is 2. The van der Waals surface area contributed by atoms with Gasteiger partial charge in [0.25, 0.3) is 0 Å². The lowest BCUT2D eigenvalue weighted by atomic mass is 10.1. The molecule has 0 amide bonds. The predicted molar refractivity (Wildman–Crippen MR) is 134 cm³/mol. The highest BCUT2D eigenvalue weighted by molar-refractivity contribution is 14.0.